The molecule has 1 unspecified atom stereocenters. The van der Waals surface area contributed by atoms with Crippen molar-refractivity contribution in [1.82, 2.24) is 0 Å². The molecule has 0 aliphatic carbocycles. The van der Waals surface area contributed by atoms with Gasteiger partial charge in [0, 0.05) is 6.42 Å². The first-order valence-electron chi connectivity index (χ1n) is 4.67. The van der Waals surface area contributed by atoms with Gasteiger partial charge in [-0.3, -0.25) is 4.79 Å². The van der Waals surface area contributed by atoms with Gasteiger partial charge in [0.1, 0.15) is 5.75 Å². The monoisotopic (exact) mass is 192 g/mol. The van der Waals surface area contributed by atoms with Crippen molar-refractivity contribution in [2.45, 2.75) is 19.3 Å². The molecule has 1 aliphatic rings. The molecule has 74 valence electrons. The molecule has 0 saturated heterocycles. The van der Waals surface area contributed by atoms with Crippen molar-refractivity contribution in [3.8, 4) is 5.75 Å². The summed E-state index contributed by atoms with van der Waals surface area (Å²) in [4.78, 5) is 10.8. The lowest BCUT2D eigenvalue weighted by atomic mass is 9.99. The lowest BCUT2D eigenvalue weighted by molar-refractivity contribution is -0.138. The van der Waals surface area contributed by atoms with Crippen molar-refractivity contribution in [1.29, 1.82) is 0 Å². The molecule has 0 saturated carbocycles. The van der Waals surface area contributed by atoms with Crippen LogP contribution in [0.2, 0.25) is 0 Å². The third-order valence-electron chi connectivity index (χ3n) is 2.59. The van der Waals surface area contributed by atoms with Gasteiger partial charge in [0.15, 0.2) is 0 Å². The highest BCUT2D eigenvalue weighted by atomic mass is 16.5. The number of fused-ring (bicyclic) bond motifs is 1. The summed E-state index contributed by atoms with van der Waals surface area (Å²) in [6, 6.07) is 5.66. The van der Waals surface area contributed by atoms with Gasteiger partial charge >= 0.3 is 5.97 Å². The number of hydrogen-bond donors (Lipinski definition) is 1. The Morgan fingerprint density at radius 2 is 2.36 bits per heavy atom. The lowest BCUT2D eigenvalue weighted by Crippen LogP contribution is -2.07. The van der Waals surface area contributed by atoms with Crippen molar-refractivity contribution >= 4 is 5.97 Å². The normalized spacial score (nSPS) is 15.8. The fourth-order valence-electron chi connectivity index (χ4n) is 1.59. The Bertz CT molecular complexity index is 371. The molecule has 1 aliphatic heterocycles. The zero-order valence-electron chi connectivity index (χ0n) is 7.99. The number of benzene rings is 1. The van der Waals surface area contributed by atoms with Crippen LogP contribution in [-0.2, 0) is 11.2 Å². The molecule has 3 nitrogen and oxygen atoms in total. The van der Waals surface area contributed by atoms with Gasteiger partial charge in [0.05, 0.1) is 12.5 Å². The minimum absolute atomic E-state index is 0.468. The van der Waals surface area contributed by atoms with Crippen molar-refractivity contribution < 1.29 is 14.6 Å². The molecule has 0 bridgehead atoms. The van der Waals surface area contributed by atoms with E-state index in [1.165, 1.54) is 5.56 Å². The molecule has 1 heterocycles. The third-order valence-corrected chi connectivity index (χ3v) is 2.59. The highest BCUT2D eigenvalue weighted by molar-refractivity contribution is 5.75. The maximum Gasteiger partial charge on any atom is 0.310 e. The summed E-state index contributed by atoms with van der Waals surface area (Å²) in [5.41, 5.74) is 1.98. The van der Waals surface area contributed by atoms with Gasteiger partial charge < -0.3 is 9.84 Å². The molecular weight excluding hydrogens is 180 g/mol. The number of carboxylic acids is 1. The van der Waals surface area contributed by atoms with E-state index in [1.807, 2.05) is 18.2 Å². The van der Waals surface area contributed by atoms with E-state index in [4.69, 9.17) is 9.84 Å². The minimum Gasteiger partial charge on any atom is -0.493 e. The first kappa shape index (κ1) is 9.06. The van der Waals surface area contributed by atoms with Gasteiger partial charge in [-0.15, -0.1) is 0 Å². The van der Waals surface area contributed by atoms with Crippen LogP contribution in [0.25, 0.3) is 0 Å². The number of carbonyl (C=O) groups is 1. The van der Waals surface area contributed by atoms with E-state index >= 15 is 0 Å². The zero-order valence-corrected chi connectivity index (χ0v) is 7.99. The number of rotatable bonds is 2. The lowest BCUT2D eigenvalue weighted by Gasteiger charge is -2.07. The first-order valence-corrected chi connectivity index (χ1v) is 4.67. The number of hydrogen-bond acceptors (Lipinski definition) is 2. The Morgan fingerprint density at radius 1 is 1.57 bits per heavy atom. The Hall–Kier alpha value is -1.51. The molecule has 3 heteroatoms. The fraction of sp³-hybridized carbons (Fsp3) is 0.364. The van der Waals surface area contributed by atoms with Gasteiger partial charge in [0.25, 0.3) is 0 Å². The highest BCUT2D eigenvalue weighted by Gasteiger charge is 2.18. The second kappa shape index (κ2) is 3.33. The maximum atomic E-state index is 10.8. The Labute approximate surface area is 82.3 Å². The van der Waals surface area contributed by atoms with Crippen molar-refractivity contribution in [3.63, 3.8) is 0 Å². The number of aliphatic carboxylic acids is 1. The van der Waals surface area contributed by atoms with Gasteiger partial charge in [-0.25, -0.2) is 0 Å². The topological polar surface area (TPSA) is 46.5 Å². The van der Waals surface area contributed by atoms with Crippen LogP contribution in [0.15, 0.2) is 18.2 Å². The van der Waals surface area contributed by atoms with Crippen LogP contribution < -0.4 is 4.74 Å². The highest BCUT2D eigenvalue weighted by Crippen LogP contribution is 2.29. The van der Waals surface area contributed by atoms with Crippen LogP contribution in [0.3, 0.4) is 0 Å². The number of ether oxygens (including phenoxy) is 1. The molecule has 1 N–H and O–H groups in total. The fourth-order valence-corrected chi connectivity index (χ4v) is 1.59. The molecule has 0 amide bonds. The summed E-state index contributed by atoms with van der Waals surface area (Å²) in [6.07, 6.45) is 0.928. The van der Waals surface area contributed by atoms with Crippen molar-refractivity contribution in [3.05, 3.63) is 29.3 Å². The first-order chi connectivity index (χ1) is 6.68. The third kappa shape index (κ3) is 1.45. The van der Waals surface area contributed by atoms with Crippen LogP contribution in [0.5, 0.6) is 5.75 Å². The van der Waals surface area contributed by atoms with Crippen LogP contribution in [-0.4, -0.2) is 17.7 Å². The van der Waals surface area contributed by atoms with E-state index in [9.17, 15) is 4.79 Å². The molecule has 1 aromatic carbocycles. The average molecular weight is 192 g/mol. The van der Waals surface area contributed by atoms with E-state index in [1.54, 1.807) is 6.92 Å². The largest absolute Gasteiger partial charge is 0.493 e. The van der Waals surface area contributed by atoms with Crippen LogP contribution in [0, 0.1) is 0 Å². The van der Waals surface area contributed by atoms with E-state index in [2.05, 4.69) is 0 Å². The predicted molar refractivity (Wildman–Crippen MR) is 51.7 cm³/mol. The van der Waals surface area contributed by atoms with Crippen LogP contribution in [0.1, 0.15) is 24.0 Å². The van der Waals surface area contributed by atoms with Crippen LogP contribution in [0.4, 0.5) is 0 Å². The molecular formula is C11H12O3. The second-order valence-electron chi connectivity index (χ2n) is 3.53. The summed E-state index contributed by atoms with van der Waals surface area (Å²) in [5.74, 6) is -0.428. The standard InChI is InChI=1S/C11H12O3/c1-7(11(12)13)9-3-2-8-4-5-14-10(8)6-9/h2-3,6-7H,4-5H2,1H3,(H,12,13). The second-order valence-corrected chi connectivity index (χ2v) is 3.53. The molecule has 2 rings (SSSR count). The SMILES string of the molecule is CC(C(=O)O)c1ccc2c(c1)OCC2. The van der Waals surface area contributed by atoms with Crippen LogP contribution >= 0.6 is 0 Å². The number of carboxylic acid groups (broad SMARTS) is 1. The van der Waals surface area contributed by atoms with E-state index < -0.39 is 11.9 Å². The molecule has 0 spiro atoms. The molecule has 1 aromatic rings. The van der Waals surface area contributed by atoms with E-state index in [0.717, 1.165) is 17.7 Å². The summed E-state index contributed by atoms with van der Waals surface area (Å²) in [5, 5.41) is 8.84. The molecule has 0 aromatic heterocycles. The Balaban J connectivity index is 2.33. The molecule has 0 fully saturated rings. The molecule has 14 heavy (non-hydrogen) atoms. The Morgan fingerprint density at radius 3 is 3.07 bits per heavy atom. The minimum atomic E-state index is -0.803. The predicted octanol–water partition coefficient (Wildman–Crippen LogP) is 1.81. The van der Waals surface area contributed by atoms with Gasteiger partial charge in [-0.05, 0) is 24.1 Å². The average Bonchev–Trinajstić information content (AvgIpc) is 2.62. The van der Waals surface area contributed by atoms with Crippen molar-refractivity contribution in [2.75, 3.05) is 6.61 Å². The van der Waals surface area contributed by atoms with Gasteiger partial charge in [0.2, 0.25) is 0 Å². The van der Waals surface area contributed by atoms with E-state index in [0.29, 0.717) is 6.61 Å². The maximum absolute atomic E-state index is 10.8. The van der Waals surface area contributed by atoms with Gasteiger partial charge in [-0.1, -0.05) is 12.1 Å². The van der Waals surface area contributed by atoms with Crippen molar-refractivity contribution in [2.24, 2.45) is 0 Å². The summed E-state index contributed by atoms with van der Waals surface area (Å²) >= 11 is 0. The quantitative estimate of drug-likeness (QED) is 0.777. The summed E-state index contributed by atoms with van der Waals surface area (Å²) < 4.78 is 5.38. The molecule has 0 radical (unpaired) electrons. The Kier molecular flexibility index (Phi) is 2.15. The zero-order chi connectivity index (χ0) is 10.1. The molecule has 1 atom stereocenters. The summed E-state index contributed by atoms with van der Waals surface area (Å²) in [6.45, 7) is 2.39. The smallest absolute Gasteiger partial charge is 0.310 e. The van der Waals surface area contributed by atoms with E-state index in [-0.39, 0.29) is 0 Å². The summed E-state index contributed by atoms with van der Waals surface area (Å²) in [7, 11) is 0. The van der Waals surface area contributed by atoms with Gasteiger partial charge in [-0.2, -0.15) is 0 Å².